The first-order valence-corrected chi connectivity index (χ1v) is 5.65. The normalized spacial score (nSPS) is 12.9. The molecule has 6 heteroatoms. The molecule has 0 fully saturated rings. The molecular weight excluding hydrogens is 216 g/mol. The van der Waals surface area contributed by atoms with Crippen LogP contribution in [0.25, 0.3) is 0 Å². The van der Waals surface area contributed by atoms with E-state index in [1.807, 2.05) is 35.5 Å². The second-order valence-corrected chi connectivity index (χ2v) is 4.01. The van der Waals surface area contributed by atoms with Crippen LogP contribution in [0.3, 0.4) is 0 Å². The van der Waals surface area contributed by atoms with Crippen molar-refractivity contribution in [2.24, 2.45) is 12.9 Å². The highest BCUT2D eigenvalue weighted by atomic mass is 15.3. The van der Waals surface area contributed by atoms with E-state index >= 15 is 0 Å². The van der Waals surface area contributed by atoms with Gasteiger partial charge in [-0.15, -0.1) is 0 Å². The van der Waals surface area contributed by atoms with Crippen molar-refractivity contribution in [3.63, 3.8) is 0 Å². The fourth-order valence-corrected chi connectivity index (χ4v) is 2.04. The minimum absolute atomic E-state index is 0.0938. The zero-order valence-electron chi connectivity index (χ0n) is 10.4. The molecule has 6 nitrogen and oxygen atoms in total. The molecule has 0 radical (unpaired) electrons. The molecule has 2 heterocycles. The van der Waals surface area contributed by atoms with Crippen molar-refractivity contribution in [1.82, 2.24) is 25.0 Å². The Morgan fingerprint density at radius 2 is 2.24 bits per heavy atom. The topological polar surface area (TPSA) is 73.7 Å². The SMILES string of the molecule is CCn1nc(C)cc1C(NN)c1ccnn1C. The molecule has 17 heavy (non-hydrogen) atoms. The van der Waals surface area contributed by atoms with Crippen LogP contribution >= 0.6 is 0 Å². The van der Waals surface area contributed by atoms with Gasteiger partial charge in [-0.1, -0.05) is 0 Å². The molecule has 0 aliphatic heterocycles. The van der Waals surface area contributed by atoms with Gasteiger partial charge >= 0.3 is 0 Å². The van der Waals surface area contributed by atoms with Gasteiger partial charge in [-0.3, -0.25) is 15.2 Å². The number of nitrogens with one attached hydrogen (secondary N) is 1. The fourth-order valence-electron chi connectivity index (χ4n) is 2.04. The van der Waals surface area contributed by atoms with Gasteiger partial charge in [0.25, 0.3) is 0 Å². The highest BCUT2D eigenvalue weighted by Gasteiger charge is 2.20. The Balaban J connectivity index is 2.45. The van der Waals surface area contributed by atoms with E-state index in [4.69, 9.17) is 5.84 Å². The molecular formula is C11H18N6. The van der Waals surface area contributed by atoms with Crippen molar-refractivity contribution in [1.29, 1.82) is 0 Å². The quantitative estimate of drug-likeness (QED) is 0.596. The second-order valence-electron chi connectivity index (χ2n) is 4.01. The van der Waals surface area contributed by atoms with Gasteiger partial charge in [0.1, 0.15) is 6.04 Å². The van der Waals surface area contributed by atoms with Crippen LogP contribution < -0.4 is 11.3 Å². The first-order chi connectivity index (χ1) is 8.17. The van der Waals surface area contributed by atoms with Gasteiger partial charge in [-0.2, -0.15) is 10.2 Å². The lowest BCUT2D eigenvalue weighted by atomic mass is 10.1. The molecule has 0 amide bonds. The van der Waals surface area contributed by atoms with Crippen LogP contribution in [0, 0.1) is 6.92 Å². The molecule has 0 aliphatic carbocycles. The number of hydrogen-bond acceptors (Lipinski definition) is 4. The van der Waals surface area contributed by atoms with Crippen molar-refractivity contribution < 1.29 is 0 Å². The predicted molar refractivity (Wildman–Crippen MR) is 65.0 cm³/mol. The summed E-state index contributed by atoms with van der Waals surface area (Å²) in [4.78, 5) is 0. The maximum atomic E-state index is 5.67. The van der Waals surface area contributed by atoms with Crippen LogP contribution in [0.5, 0.6) is 0 Å². The Bertz CT molecular complexity index is 498. The summed E-state index contributed by atoms with van der Waals surface area (Å²) in [6, 6.07) is 3.90. The molecule has 0 aromatic carbocycles. The van der Waals surface area contributed by atoms with E-state index in [-0.39, 0.29) is 6.04 Å². The minimum Gasteiger partial charge on any atom is -0.271 e. The van der Waals surface area contributed by atoms with Crippen molar-refractivity contribution in [2.45, 2.75) is 26.4 Å². The Hall–Kier alpha value is -1.66. The van der Waals surface area contributed by atoms with Gasteiger partial charge in [0, 0.05) is 19.8 Å². The number of hydrazine groups is 1. The Morgan fingerprint density at radius 1 is 1.47 bits per heavy atom. The third-order valence-corrected chi connectivity index (χ3v) is 2.85. The van der Waals surface area contributed by atoms with Gasteiger partial charge in [0.15, 0.2) is 0 Å². The standard InChI is InChI=1S/C11H18N6/c1-4-17-10(7-8(2)15-17)11(14-12)9-5-6-13-16(9)3/h5-7,11,14H,4,12H2,1-3H3. The van der Waals surface area contributed by atoms with Crippen LogP contribution in [-0.4, -0.2) is 19.6 Å². The lowest BCUT2D eigenvalue weighted by Crippen LogP contribution is -2.32. The third-order valence-electron chi connectivity index (χ3n) is 2.85. The van der Waals surface area contributed by atoms with Crippen LogP contribution in [0.15, 0.2) is 18.3 Å². The highest BCUT2D eigenvalue weighted by molar-refractivity contribution is 5.23. The maximum Gasteiger partial charge on any atom is 0.104 e. The molecule has 1 atom stereocenters. The summed E-state index contributed by atoms with van der Waals surface area (Å²) in [6.07, 6.45) is 1.76. The monoisotopic (exact) mass is 234 g/mol. The summed E-state index contributed by atoms with van der Waals surface area (Å²) >= 11 is 0. The molecule has 0 saturated heterocycles. The van der Waals surface area contributed by atoms with Crippen LogP contribution in [0.2, 0.25) is 0 Å². The van der Waals surface area contributed by atoms with E-state index < -0.39 is 0 Å². The number of aromatic nitrogens is 4. The van der Waals surface area contributed by atoms with Crippen molar-refractivity contribution in [3.05, 3.63) is 35.4 Å². The van der Waals surface area contributed by atoms with Crippen LogP contribution in [0.4, 0.5) is 0 Å². The van der Waals surface area contributed by atoms with E-state index in [0.717, 1.165) is 23.6 Å². The van der Waals surface area contributed by atoms with E-state index in [0.29, 0.717) is 0 Å². The average Bonchev–Trinajstić information content (AvgIpc) is 2.88. The van der Waals surface area contributed by atoms with E-state index in [1.165, 1.54) is 0 Å². The molecule has 0 bridgehead atoms. The summed E-state index contributed by atoms with van der Waals surface area (Å²) < 4.78 is 3.76. The fraction of sp³-hybridized carbons (Fsp3) is 0.455. The summed E-state index contributed by atoms with van der Waals surface area (Å²) in [5.74, 6) is 5.67. The van der Waals surface area contributed by atoms with Gasteiger partial charge in [0.2, 0.25) is 0 Å². The van der Waals surface area contributed by atoms with Gasteiger partial charge < -0.3 is 0 Å². The molecule has 2 rings (SSSR count). The zero-order valence-corrected chi connectivity index (χ0v) is 10.4. The molecule has 92 valence electrons. The van der Waals surface area contributed by atoms with E-state index in [9.17, 15) is 0 Å². The van der Waals surface area contributed by atoms with Crippen LogP contribution in [-0.2, 0) is 13.6 Å². The second kappa shape index (κ2) is 4.68. The lowest BCUT2D eigenvalue weighted by molar-refractivity contribution is 0.514. The number of rotatable bonds is 4. The summed E-state index contributed by atoms with van der Waals surface area (Å²) in [5, 5.41) is 8.59. The van der Waals surface area contributed by atoms with Crippen molar-refractivity contribution >= 4 is 0 Å². The molecule has 0 saturated carbocycles. The first-order valence-electron chi connectivity index (χ1n) is 5.65. The van der Waals surface area contributed by atoms with E-state index in [2.05, 4.69) is 22.5 Å². The smallest absolute Gasteiger partial charge is 0.104 e. The Morgan fingerprint density at radius 3 is 2.76 bits per heavy atom. The number of aryl methyl sites for hydroxylation is 3. The molecule has 3 N–H and O–H groups in total. The molecule has 1 unspecified atom stereocenters. The Kier molecular flexibility index (Phi) is 3.26. The molecule has 0 aliphatic rings. The van der Waals surface area contributed by atoms with Gasteiger partial charge in [-0.25, -0.2) is 5.43 Å². The van der Waals surface area contributed by atoms with Gasteiger partial charge in [0.05, 0.1) is 17.1 Å². The number of nitrogens with two attached hydrogens (primary N) is 1. The van der Waals surface area contributed by atoms with E-state index in [1.54, 1.807) is 6.20 Å². The van der Waals surface area contributed by atoms with Gasteiger partial charge in [-0.05, 0) is 26.0 Å². The summed E-state index contributed by atoms with van der Waals surface area (Å²) in [5.41, 5.74) is 5.89. The maximum absolute atomic E-state index is 5.67. The van der Waals surface area contributed by atoms with Crippen molar-refractivity contribution in [2.75, 3.05) is 0 Å². The number of hydrogen-bond donors (Lipinski definition) is 2. The molecule has 0 spiro atoms. The average molecular weight is 234 g/mol. The zero-order chi connectivity index (χ0) is 12.4. The Labute approximate surface area is 100 Å². The van der Waals surface area contributed by atoms with Crippen molar-refractivity contribution in [3.8, 4) is 0 Å². The summed E-state index contributed by atoms with van der Waals surface area (Å²) in [7, 11) is 1.90. The van der Waals surface area contributed by atoms with Crippen LogP contribution in [0.1, 0.15) is 30.0 Å². The summed E-state index contributed by atoms with van der Waals surface area (Å²) in [6.45, 7) is 4.86. The third kappa shape index (κ3) is 2.09. The molecule has 2 aromatic rings. The minimum atomic E-state index is -0.0938. The largest absolute Gasteiger partial charge is 0.271 e. The number of nitrogens with zero attached hydrogens (tertiary/aromatic N) is 4. The lowest BCUT2D eigenvalue weighted by Gasteiger charge is -2.17. The molecule has 2 aromatic heterocycles. The predicted octanol–water partition coefficient (Wildman–Crippen LogP) is 0.498. The first kappa shape index (κ1) is 11.8. The highest BCUT2D eigenvalue weighted by Crippen LogP contribution is 2.21.